The van der Waals surface area contributed by atoms with E-state index in [2.05, 4.69) is 10.3 Å². The van der Waals surface area contributed by atoms with Gasteiger partial charge < -0.3 is 15.2 Å². The summed E-state index contributed by atoms with van der Waals surface area (Å²) in [5, 5.41) is 13.1. The van der Waals surface area contributed by atoms with Gasteiger partial charge in [0.05, 0.1) is 13.3 Å². The maximum absolute atomic E-state index is 14.0. The molecule has 1 amide bonds. The Morgan fingerprint density at radius 1 is 1.29 bits per heavy atom. The predicted molar refractivity (Wildman–Crippen MR) is 68.8 cm³/mol. The number of hydrogen-bond donors (Lipinski definition) is 2. The molecule has 0 aliphatic carbocycles. The molecule has 0 fully saturated rings. The highest BCUT2D eigenvalue weighted by Gasteiger charge is 2.49. The molecule has 7 heteroatoms. The molecular formula is C14H10F2N2O3. The number of hydrogen-bond acceptors (Lipinski definition) is 4. The number of carbonyl (C=O) groups excluding carboxylic acids is 1. The fraction of sp³-hybridized carbons (Fsp3) is 0.143. The molecule has 1 atom stereocenters. The smallest absolute Gasteiger partial charge is 0.265 e. The Morgan fingerprint density at radius 3 is 2.76 bits per heavy atom. The van der Waals surface area contributed by atoms with Crippen LogP contribution in [0.1, 0.15) is 11.1 Å². The van der Waals surface area contributed by atoms with Gasteiger partial charge in [0, 0.05) is 22.9 Å². The topological polar surface area (TPSA) is 71.5 Å². The van der Waals surface area contributed by atoms with Gasteiger partial charge in [0.2, 0.25) is 5.88 Å². The van der Waals surface area contributed by atoms with Crippen LogP contribution in [0.25, 0.3) is 0 Å². The Bertz CT molecular complexity index is 751. The fourth-order valence-corrected chi connectivity index (χ4v) is 2.34. The first-order valence-electron chi connectivity index (χ1n) is 6.00. The van der Waals surface area contributed by atoms with Crippen LogP contribution in [0.2, 0.25) is 0 Å². The number of pyridine rings is 1. The third kappa shape index (κ3) is 1.85. The lowest BCUT2D eigenvalue weighted by atomic mass is 9.87. The number of aromatic nitrogens is 1. The van der Waals surface area contributed by atoms with Gasteiger partial charge >= 0.3 is 0 Å². The molecule has 2 aromatic rings. The lowest BCUT2D eigenvalue weighted by molar-refractivity contribution is -0.129. The molecule has 0 saturated heterocycles. The number of fused-ring (bicyclic) bond motifs is 1. The van der Waals surface area contributed by atoms with Crippen LogP contribution < -0.4 is 10.1 Å². The van der Waals surface area contributed by atoms with Crippen LogP contribution in [-0.4, -0.2) is 23.1 Å². The number of anilines is 1. The van der Waals surface area contributed by atoms with Gasteiger partial charge in [-0.15, -0.1) is 0 Å². The lowest BCUT2D eigenvalue weighted by Gasteiger charge is -2.22. The Balaban J connectivity index is 2.26. The second-order valence-corrected chi connectivity index (χ2v) is 4.56. The zero-order chi connectivity index (χ0) is 15.2. The summed E-state index contributed by atoms with van der Waals surface area (Å²) in [5.41, 5.74) is -2.52. The zero-order valence-corrected chi connectivity index (χ0v) is 10.9. The van der Waals surface area contributed by atoms with Crippen molar-refractivity contribution in [1.29, 1.82) is 0 Å². The average Bonchev–Trinajstić information content (AvgIpc) is 2.72. The standard InChI is InChI=1S/C14H10F2N2O3/c1-21-12-5-8(10(16)6-17-12)14(20)9-4-7(15)2-3-11(9)18-13(14)19/h2-6,20H,1H3,(H,18,19). The van der Waals surface area contributed by atoms with E-state index in [9.17, 15) is 18.7 Å². The summed E-state index contributed by atoms with van der Waals surface area (Å²) in [4.78, 5) is 15.7. The number of methoxy groups -OCH3 is 1. The minimum atomic E-state index is -2.34. The largest absolute Gasteiger partial charge is 0.481 e. The highest BCUT2D eigenvalue weighted by molar-refractivity contribution is 6.07. The Hall–Kier alpha value is -2.54. The van der Waals surface area contributed by atoms with Crippen LogP contribution in [0.3, 0.4) is 0 Å². The highest BCUT2D eigenvalue weighted by atomic mass is 19.1. The lowest BCUT2D eigenvalue weighted by Crippen LogP contribution is -2.36. The Labute approximate surface area is 118 Å². The first-order chi connectivity index (χ1) is 9.96. The molecule has 0 radical (unpaired) electrons. The van der Waals surface area contributed by atoms with Gasteiger partial charge in [0.25, 0.3) is 5.91 Å². The molecule has 3 rings (SSSR count). The molecule has 108 valence electrons. The molecule has 1 aromatic heterocycles. The monoisotopic (exact) mass is 292 g/mol. The number of aliphatic hydroxyl groups is 1. The van der Waals surface area contributed by atoms with Crippen molar-refractivity contribution in [2.45, 2.75) is 5.60 Å². The van der Waals surface area contributed by atoms with Gasteiger partial charge in [-0.2, -0.15) is 0 Å². The van der Waals surface area contributed by atoms with E-state index < -0.39 is 23.1 Å². The molecule has 1 unspecified atom stereocenters. The van der Waals surface area contributed by atoms with Crippen molar-refractivity contribution < 1.29 is 23.4 Å². The van der Waals surface area contributed by atoms with E-state index in [1.807, 2.05) is 0 Å². The van der Waals surface area contributed by atoms with E-state index in [0.717, 1.165) is 24.4 Å². The van der Waals surface area contributed by atoms with Crippen molar-refractivity contribution >= 4 is 11.6 Å². The Kier molecular flexibility index (Phi) is 2.87. The number of ether oxygens (including phenoxy) is 1. The summed E-state index contributed by atoms with van der Waals surface area (Å²) in [6.45, 7) is 0. The van der Waals surface area contributed by atoms with Crippen molar-refractivity contribution in [3.8, 4) is 5.88 Å². The van der Waals surface area contributed by atoms with Crippen LogP contribution in [0, 0.1) is 11.6 Å². The van der Waals surface area contributed by atoms with E-state index in [-0.39, 0.29) is 22.7 Å². The first-order valence-corrected chi connectivity index (χ1v) is 6.00. The molecule has 0 spiro atoms. The van der Waals surface area contributed by atoms with Crippen LogP contribution >= 0.6 is 0 Å². The van der Waals surface area contributed by atoms with E-state index in [0.29, 0.717) is 0 Å². The number of rotatable bonds is 2. The Morgan fingerprint density at radius 2 is 2.05 bits per heavy atom. The molecule has 1 aliphatic rings. The third-order valence-corrected chi connectivity index (χ3v) is 3.38. The van der Waals surface area contributed by atoms with Gasteiger partial charge in [0.15, 0.2) is 5.60 Å². The van der Waals surface area contributed by atoms with Gasteiger partial charge in [-0.1, -0.05) is 0 Å². The highest BCUT2D eigenvalue weighted by Crippen LogP contribution is 2.42. The summed E-state index contributed by atoms with van der Waals surface area (Å²) in [7, 11) is 1.32. The number of halogens is 2. The molecule has 2 N–H and O–H groups in total. The van der Waals surface area contributed by atoms with Crippen molar-refractivity contribution in [3.63, 3.8) is 0 Å². The molecular weight excluding hydrogens is 282 g/mol. The maximum Gasteiger partial charge on any atom is 0.265 e. The van der Waals surface area contributed by atoms with Crippen molar-refractivity contribution in [2.24, 2.45) is 0 Å². The van der Waals surface area contributed by atoms with Crippen LogP contribution in [0.5, 0.6) is 5.88 Å². The second-order valence-electron chi connectivity index (χ2n) is 4.56. The van der Waals surface area contributed by atoms with E-state index in [4.69, 9.17) is 4.74 Å². The molecule has 0 saturated carbocycles. The minimum Gasteiger partial charge on any atom is -0.481 e. The number of nitrogens with one attached hydrogen (secondary N) is 1. The van der Waals surface area contributed by atoms with E-state index >= 15 is 0 Å². The first kappa shape index (κ1) is 13.4. The van der Waals surface area contributed by atoms with Crippen molar-refractivity contribution in [3.05, 3.63) is 53.2 Å². The summed E-state index contributed by atoms with van der Waals surface area (Å²) >= 11 is 0. The summed E-state index contributed by atoms with van der Waals surface area (Å²) in [6, 6.07) is 4.53. The summed E-state index contributed by atoms with van der Waals surface area (Å²) in [6.07, 6.45) is 0.830. The van der Waals surface area contributed by atoms with E-state index in [1.165, 1.54) is 13.2 Å². The third-order valence-electron chi connectivity index (χ3n) is 3.38. The van der Waals surface area contributed by atoms with Gasteiger partial charge in [-0.3, -0.25) is 4.79 Å². The number of amides is 1. The normalized spacial score (nSPS) is 20.1. The number of nitrogens with zero attached hydrogens (tertiary/aromatic N) is 1. The van der Waals surface area contributed by atoms with Crippen molar-refractivity contribution in [2.75, 3.05) is 12.4 Å². The zero-order valence-electron chi connectivity index (χ0n) is 10.9. The summed E-state index contributed by atoms with van der Waals surface area (Å²) in [5.74, 6) is -2.39. The minimum absolute atomic E-state index is 0.0254. The molecule has 1 aromatic carbocycles. The molecule has 1 aliphatic heterocycles. The quantitative estimate of drug-likeness (QED) is 0.881. The van der Waals surface area contributed by atoms with Crippen LogP contribution in [0.15, 0.2) is 30.5 Å². The van der Waals surface area contributed by atoms with E-state index in [1.54, 1.807) is 0 Å². The predicted octanol–water partition coefficient (Wildman–Crippen LogP) is 1.56. The number of benzene rings is 1. The van der Waals surface area contributed by atoms with Crippen molar-refractivity contribution in [1.82, 2.24) is 4.98 Å². The molecule has 0 bridgehead atoms. The molecule has 5 nitrogen and oxygen atoms in total. The molecule has 2 heterocycles. The van der Waals surface area contributed by atoms with Crippen LogP contribution in [0.4, 0.5) is 14.5 Å². The summed E-state index contributed by atoms with van der Waals surface area (Å²) < 4.78 is 32.3. The fourth-order valence-electron chi connectivity index (χ4n) is 2.34. The number of carbonyl (C=O) groups is 1. The second kappa shape index (κ2) is 4.49. The average molecular weight is 292 g/mol. The van der Waals surface area contributed by atoms with Gasteiger partial charge in [-0.05, 0) is 18.2 Å². The van der Waals surface area contributed by atoms with Gasteiger partial charge in [0.1, 0.15) is 11.6 Å². The van der Waals surface area contributed by atoms with Crippen LogP contribution in [-0.2, 0) is 10.4 Å². The SMILES string of the molecule is COc1cc(C2(O)C(=O)Nc3ccc(F)cc32)c(F)cn1. The maximum atomic E-state index is 14.0. The molecule has 21 heavy (non-hydrogen) atoms. The van der Waals surface area contributed by atoms with Gasteiger partial charge in [-0.25, -0.2) is 13.8 Å².